The van der Waals surface area contributed by atoms with Gasteiger partial charge in [0.15, 0.2) is 5.84 Å². The molecule has 0 radical (unpaired) electrons. The maximum atomic E-state index is 14.6. The first-order valence-electron chi connectivity index (χ1n) is 21.7. The minimum absolute atomic E-state index is 0.0351. The molecule has 1 N–H and O–H groups in total. The summed E-state index contributed by atoms with van der Waals surface area (Å²) in [4.78, 5) is 9.77. The predicted molar refractivity (Wildman–Crippen MR) is 259 cm³/mol. The summed E-state index contributed by atoms with van der Waals surface area (Å²) < 4.78 is 89.2. The average molecular weight is 941 g/mol. The van der Waals surface area contributed by atoms with Crippen molar-refractivity contribution >= 4 is 44.9 Å². The van der Waals surface area contributed by atoms with E-state index in [0.29, 0.717) is 67.1 Å². The largest absolute Gasteiger partial charge is 0.416 e. The van der Waals surface area contributed by atoms with Crippen LogP contribution in [0.4, 0.5) is 26.3 Å². The van der Waals surface area contributed by atoms with Gasteiger partial charge in [-0.25, -0.2) is 9.98 Å². The van der Waals surface area contributed by atoms with Crippen molar-refractivity contribution in [3.63, 3.8) is 0 Å². The van der Waals surface area contributed by atoms with Crippen LogP contribution in [0.15, 0.2) is 185 Å². The van der Waals surface area contributed by atoms with Gasteiger partial charge in [0.1, 0.15) is 11.7 Å². The summed E-state index contributed by atoms with van der Waals surface area (Å²) in [5.74, 6) is 0.629. The molecule has 10 rings (SSSR count). The molecule has 0 amide bonds. The van der Waals surface area contributed by atoms with Gasteiger partial charge in [-0.1, -0.05) is 103 Å². The summed E-state index contributed by atoms with van der Waals surface area (Å²) in [5, 5.41) is 44.5. The minimum atomic E-state index is -5.12. The van der Waals surface area contributed by atoms with E-state index in [4.69, 9.17) is 9.98 Å². The Balaban J connectivity index is 1.33. The molecule has 0 saturated carbocycles. The summed E-state index contributed by atoms with van der Waals surface area (Å²) in [6.45, 7) is 0. The first kappa shape index (κ1) is 45.0. The van der Waals surface area contributed by atoms with Crippen molar-refractivity contribution < 1.29 is 26.3 Å². The fraction of sp³-hybridized carbons (Fsp3) is 0.0526. The van der Waals surface area contributed by atoms with Crippen LogP contribution in [0.3, 0.4) is 0 Å². The Labute approximate surface area is 400 Å². The number of hydrogen-bond acceptors (Lipinski definition) is 7. The quantitative estimate of drug-likeness (QED) is 0.171. The Bertz CT molecular complexity index is 3870. The highest BCUT2D eigenvalue weighted by Crippen LogP contribution is 2.41. The van der Waals surface area contributed by atoms with Gasteiger partial charge in [-0.2, -0.15) is 47.4 Å². The predicted octanol–water partition coefficient (Wildman–Crippen LogP) is 11.7. The number of nitriles is 4. The maximum absolute atomic E-state index is 14.6. The Morgan fingerprint density at radius 3 is 1.59 bits per heavy atom. The summed E-state index contributed by atoms with van der Waals surface area (Å²) in [7, 11) is 0. The third kappa shape index (κ3) is 8.48. The number of nitrogens with one attached hydrogen (secondary N) is 1. The molecule has 0 spiro atoms. The van der Waals surface area contributed by atoms with Crippen molar-refractivity contribution in [1.82, 2.24) is 9.88 Å². The van der Waals surface area contributed by atoms with Crippen LogP contribution in [-0.4, -0.2) is 28.6 Å². The molecule has 14 heteroatoms. The number of hydrogen-bond donors (Lipinski definition) is 1. The molecule has 340 valence electrons. The van der Waals surface area contributed by atoms with Crippen molar-refractivity contribution in [3.05, 3.63) is 219 Å². The third-order valence-electron chi connectivity index (χ3n) is 12.3. The maximum Gasteiger partial charge on any atom is 0.416 e. The number of allylic oxidation sites excluding steroid dienone is 4. The van der Waals surface area contributed by atoms with Gasteiger partial charge in [0.05, 0.1) is 63.1 Å². The normalized spacial score (nSPS) is 15.3. The smallest absolute Gasteiger partial charge is 0.324 e. The SMILES string of the molecule is N#Cc1ccc(-c2ccc3c4ccc(-c5ccc(C#N)cc5C#N)cc4n(-c4ccc(=C5C=C(C(F)(F)F)C=C(C(F)(F)F)C5)c(=C5N=C(c6ccccc6)N=C(c6ccccc6)N5)c4)c3c2)c(C#N)c1. The highest BCUT2D eigenvalue weighted by Gasteiger charge is 2.41. The molecule has 2 heterocycles. The second-order valence-electron chi connectivity index (χ2n) is 16.6. The number of alkyl halides is 6. The highest BCUT2D eigenvalue weighted by molar-refractivity contribution is 6.16. The summed E-state index contributed by atoms with van der Waals surface area (Å²) in [5.41, 5.74) is 3.06. The fourth-order valence-corrected chi connectivity index (χ4v) is 8.92. The first-order chi connectivity index (χ1) is 34.2. The van der Waals surface area contributed by atoms with E-state index in [9.17, 15) is 47.4 Å². The van der Waals surface area contributed by atoms with E-state index in [-0.39, 0.29) is 44.9 Å². The van der Waals surface area contributed by atoms with Gasteiger partial charge >= 0.3 is 12.4 Å². The third-order valence-corrected chi connectivity index (χ3v) is 12.3. The zero-order valence-corrected chi connectivity index (χ0v) is 36.7. The molecule has 1 aliphatic carbocycles. The molecule has 1 aliphatic heterocycles. The van der Waals surface area contributed by atoms with Crippen molar-refractivity contribution in [3.8, 4) is 52.2 Å². The molecule has 8 aromatic rings. The second-order valence-corrected chi connectivity index (χ2v) is 16.6. The summed E-state index contributed by atoms with van der Waals surface area (Å²) >= 11 is 0. The number of rotatable bonds is 5. The van der Waals surface area contributed by atoms with Crippen molar-refractivity contribution in [2.45, 2.75) is 18.8 Å². The lowest BCUT2D eigenvalue weighted by Crippen LogP contribution is -2.38. The van der Waals surface area contributed by atoms with Gasteiger partial charge in [-0.3, -0.25) is 0 Å². The van der Waals surface area contributed by atoms with Crippen LogP contribution >= 0.6 is 0 Å². The van der Waals surface area contributed by atoms with Gasteiger partial charge in [0.25, 0.3) is 0 Å². The molecular weight excluding hydrogens is 911 g/mol. The summed E-state index contributed by atoms with van der Waals surface area (Å²) in [6.07, 6.45) is -10.2. The number of halogens is 6. The van der Waals surface area contributed by atoms with E-state index in [1.807, 2.05) is 53.1 Å². The van der Waals surface area contributed by atoms with Crippen LogP contribution in [0, 0.1) is 45.3 Å². The molecule has 0 saturated heterocycles. The van der Waals surface area contributed by atoms with Gasteiger partial charge in [-0.05, 0) is 93.7 Å². The zero-order chi connectivity index (χ0) is 49.6. The Hall–Kier alpha value is -9.76. The standard InChI is InChI=1S/C57H30F6N8/c58-56(59,60)42-23-39(24-43(27-42)57(61,62)63)47-20-15-44(28-50(47)55-69-53(35-7-3-1-4-8-35)68-54(70-55)36-9-5-2-6-10-36)71-51-25-37(45-16-11-33(29-64)21-40(45)31-66)13-18-48(51)49-19-14-38(26-52(49)71)46-17-12-34(30-65)22-41(46)32-67/h1-23,25-28H,24H2,(H,68,69,70). The Morgan fingerprint density at radius 2 is 1.07 bits per heavy atom. The lowest BCUT2D eigenvalue weighted by atomic mass is 9.92. The Morgan fingerprint density at radius 1 is 0.507 bits per heavy atom. The summed E-state index contributed by atoms with van der Waals surface area (Å²) in [6, 6.07) is 51.9. The monoisotopic (exact) mass is 940 g/mol. The van der Waals surface area contributed by atoms with Crippen LogP contribution < -0.4 is 15.8 Å². The molecule has 0 bridgehead atoms. The van der Waals surface area contributed by atoms with E-state index < -0.39 is 29.9 Å². The van der Waals surface area contributed by atoms with Gasteiger partial charge in [0, 0.05) is 44.8 Å². The first-order valence-corrected chi connectivity index (χ1v) is 21.7. The van der Waals surface area contributed by atoms with Crippen LogP contribution in [0.2, 0.25) is 0 Å². The van der Waals surface area contributed by atoms with Crippen LogP contribution in [-0.2, 0) is 0 Å². The van der Waals surface area contributed by atoms with Gasteiger partial charge in [0.2, 0.25) is 0 Å². The molecule has 1 aromatic heterocycles. The van der Waals surface area contributed by atoms with E-state index in [1.54, 1.807) is 84.9 Å². The van der Waals surface area contributed by atoms with Crippen molar-refractivity contribution in [2.75, 3.05) is 0 Å². The van der Waals surface area contributed by atoms with E-state index in [1.165, 1.54) is 18.2 Å². The van der Waals surface area contributed by atoms with E-state index >= 15 is 0 Å². The topological polar surface area (TPSA) is 137 Å². The lowest BCUT2D eigenvalue weighted by molar-refractivity contribution is -0.0970. The van der Waals surface area contributed by atoms with E-state index in [0.717, 1.165) is 16.8 Å². The number of aromatic nitrogens is 1. The molecule has 71 heavy (non-hydrogen) atoms. The van der Waals surface area contributed by atoms with Gasteiger partial charge < -0.3 is 9.88 Å². The Kier molecular flexibility index (Phi) is 11.2. The molecule has 0 atom stereocenters. The molecule has 2 aliphatic rings. The second kappa shape index (κ2) is 17.7. The molecule has 7 aromatic carbocycles. The molecule has 0 fully saturated rings. The number of fused-ring (bicyclic) bond motifs is 3. The molecule has 8 nitrogen and oxygen atoms in total. The van der Waals surface area contributed by atoms with Crippen LogP contribution in [0.5, 0.6) is 0 Å². The van der Waals surface area contributed by atoms with Crippen LogP contribution in [0.1, 0.15) is 39.8 Å². The zero-order valence-electron chi connectivity index (χ0n) is 36.7. The molecule has 0 unspecified atom stereocenters. The lowest BCUT2D eigenvalue weighted by Gasteiger charge is -2.21. The number of benzene rings is 7. The van der Waals surface area contributed by atoms with E-state index in [2.05, 4.69) is 29.6 Å². The number of aliphatic imine (C=N–C) groups is 2. The number of nitrogens with zero attached hydrogens (tertiary/aromatic N) is 7. The highest BCUT2D eigenvalue weighted by atomic mass is 19.4. The van der Waals surface area contributed by atoms with Crippen molar-refractivity contribution in [2.24, 2.45) is 9.98 Å². The van der Waals surface area contributed by atoms with Crippen molar-refractivity contribution in [1.29, 1.82) is 21.0 Å². The number of amidine groups is 2. The average Bonchev–Trinajstić information content (AvgIpc) is 3.72. The van der Waals surface area contributed by atoms with Crippen LogP contribution in [0.25, 0.3) is 61.1 Å². The minimum Gasteiger partial charge on any atom is -0.324 e. The van der Waals surface area contributed by atoms with Gasteiger partial charge in [-0.15, -0.1) is 0 Å². The fourth-order valence-electron chi connectivity index (χ4n) is 8.92. The molecular formula is C57H30F6N8.